The number of halogens is 3. The summed E-state index contributed by atoms with van der Waals surface area (Å²) in [5, 5.41) is 2.74. The predicted molar refractivity (Wildman–Crippen MR) is 84.9 cm³/mol. The summed E-state index contributed by atoms with van der Waals surface area (Å²) in [6.45, 7) is 1.50. The molecule has 0 aliphatic rings. The normalized spacial score (nSPS) is 12.8. The van der Waals surface area contributed by atoms with Gasteiger partial charge < -0.3 is 5.32 Å². The molecular weight excluding hydrogens is 381 g/mol. The molecule has 0 unspecified atom stereocenters. The van der Waals surface area contributed by atoms with E-state index in [9.17, 15) is 30.0 Å². The molecule has 2 aromatic rings. The largest absolute Gasteiger partial charge is 0.501 e. The van der Waals surface area contributed by atoms with Crippen LogP contribution < -0.4 is 5.32 Å². The van der Waals surface area contributed by atoms with Gasteiger partial charge in [0.15, 0.2) is 9.84 Å². The van der Waals surface area contributed by atoms with Gasteiger partial charge in [-0.15, -0.1) is 0 Å². The summed E-state index contributed by atoms with van der Waals surface area (Å²) < 4.78 is 83.3. The van der Waals surface area contributed by atoms with E-state index < -0.39 is 30.1 Å². The summed E-state index contributed by atoms with van der Waals surface area (Å²) in [6, 6.07) is 6.68. The fourth-order valence-corrected chi connectivity index (χ4v) is 3.39. The number of sulfone groups is 2. The van der Waals surface area contributed by atoms with Crippen molar-refractivity contribution in [2.75, 3.05) is 11.1 Å². The maximum Gasteiger partial charge on any atom is 0.501 e. The topological polar surface area (TPSA) is 93.2 Å². The van der Waals surface area contributed by atoms with Crippen molar-refractivity contribution in [2.45, 2.75) is 22.2 Å². The van der Waals surface area contributed by atoms with Gasteiger partial charge in [0, 0.05) is 11.9 Å². The second-order valence-corrected chi connectivity index (χ2v) is 9.10. The number of hydrogen-bond acceptors (Lipinski definition) is 6. The number of rotatable bonds is 5. The van der Waals surface area contributed by atoms with Gasteiger partial charge in [0.05, 0.1) is 15.5 Å². The smallest absolute Gasteiger partial charge is 0.340 e. The molecule has 0 bridgehead atoms. The van der Waals surface area contributed by atoms with Crippen molar-refractivity contribution in [2.24, 2.45) is 0 Å². The molecular formula is C14H13F3N2O4S2. The van der Waals surface area contributed by atoms with Crippen LogP contribution in [0.2, 0.25) is 0 Å². The molecule has 25 heavy (non-hydrogen) atoms. The van der Waals surface area contributed by atoms with E-state index in [4.69, 9.17) is 0 Å². The zero-order valence-electron chi connectivity index (χ0n) is 12.8. The van der Waals surface area contributed by atoms with Gasteiger partial charge in [0.25, 0.3) is 9.84 Å². The number of nitrogens with zero attached hydrogens (tertiary/aromatic N) is 1. The van der Waals surface area contributed by atoms with Gasteiger partial charge in [-0.25, -0.2) is 21.8 Å². The van der Waals surface area contributed by atoms with E-state index >= 15 is 0 Å². The molecule has 0 atom stereocenters. The molecule has 0 spiro atoms. The minimum Gasteiger partial charge on any atom is -0.340 e. The summed E-state index contributed by atoms with van der Waals surface area (Å²) in [4.78, 5) is 3.09. The summed E-state index contributed by atoms with van der Waals surface area (Å²) in [5.74, 6) is 0.179. The molecule has 0 amide bonds. The van der Waals surface area contributed by atoms with Crippen LogP contribution in [0.3, 0.4) is 0 Å². The van der Waals surface area contributed by atoms with Crippen LogP contribution in [0.15, 0.2) is 52.4 Å². The van der Waals surface area contributed by atoms with Gasteiger partial charge in [-0.05, 0) is 36.4 Å². The molecule has 6 nitrogen and oxygen atoms in total. The van der Waals surface area contributed by atoms with E-state index in [0.29, 0.717) is 5.69 Å². The van der Waals surface area contributed by atoms with Crippen molar-refractivity contribution < 1.29 is 30.0 Å². The Bertz CT molecular complexity index is 953. The van der Waals surface area contributed by atoms with Crippen LogP contribution in [-0.2, 0) is 19.7 Å². The Morgan fingerprint density at radius 3 is 1.96 bits per heavy atom. The van der Waals surface area contributed by atoms with Crippen molar-refractivity contribution in [3.05, 3.63) is 42.6 Å². The Balaban J connectivity index is 2.20. The summed E-state index contributed by atoms with van der Waals surface area (Å²) in [5.41, 5.74) is -5.08. The molecule has 1 aromatic heterocycles. The summed E-state index contributed by atoms with van der Waals surface area (Å²) in [7, 11) is -8.79. The first kappa shape index (κ1) is 19.2. The van der Waals surface area contributed by atoms with Crippen LogP contribution in [0.1, 0.15) is 6.92 Å². The quantitative estimate of drug-likeness (QED) is 0.838. The lowest BCUT2D eigenvalue weighted by Crippen LogP contribution is -2.23. The second-order valence-electron chi connectivity index (χ2n) is 4.88. The number of aromatic nitrogens is 1. The van der Waals surface area contributed by atoms with Crippen molar-refractivity contribution in [1.82, 2.24) is 4.98 Å². The number of pyridine rings is 1. The highest BCUT2D eigenvalue weighted by molar-refractivity contribution is 7.92. The van der Waals surface area contributed by atoms with Crippen molar-refractivity contribution in [1.29, 1.82) is 0 Å². The molecule has 0 aliphatic carbocycles. The molecule has 136 valence electrons. The first-order valence-electron chi connectivity index (χ1n) is 6.84. The number of benzene rings is 1. The number of hydrogen-bond donors (Lipinski definition) is 1. The first-order valence-corrected chi connectivity index (χ1v) is 9.98. The maximum absolute atomic E-state index is 12.5. The molecule has 0 aliphatic heterocycles. The van der Waals surface area contributed by atoms with Gasteiger partial charge in [0.1, 0.15) is 5.82 Å². The molecule has 1 aromatic carbocycles. The van der Waals surface area contributed by atoms with Gasteiger partial charge in [0.2, 0.25) is 0 Å². The maximum atomic E-state index is 12.5. The van der Waals surface area contributed by atoms with Crippen LogP contribution in [-0.4, -0.2) is 33.1 Å². The Kier molecular flexibility index (Phi) is 5.09. The average molecular weight is 394 g/mol. The van der Waals surface area contributed by atoms with Crippen molar-refractivity contribution in [3.63, 3.8) is 0 Å². The fourth-order valence-electron chi connectivity index (χ4n) is 1.80. The van der Waals surface area contributed by atoms with Crippen molar-refractivity contribution >= 4 is 31.2 Å². The lowest BCUT2D eigenvalue weighted by atomic mass is 10.3. The van der Waals surface area contributed by atoms with Crippen LogP contribution in [0.4, 0.5) is 24.7 Å². The molecule has 2 rings (SSSR count). The zero-order valence-corrected chi connectivity index (χ0v) is 14.4. The molecule has 0 saturated heterocycles. The average Bonchev–Trinajstić information content (AvgIpc) is 2.55. The molecule has 11 heteroatoms. The number of nitrogens with one attached hydrogen (secondary N) is 1. The van der Waals surface area contributed by atoms with Crippen LogP contribution in [0.25, 0.3) is 0 Å². The van der Waals surface area contributed by atoms with E-state index in [-0.39, 0.29) is 16.5 Å². The van der Waals surface area contributed by atoms with E-state index in [1.54, 1.807) is 0 Å². The molecule has 0 radical (unpaired) electrons. The minimum absolute atomic E-state index is 0.0483. The highest BCUT2D eigenvalue weighted by atomic mass is 32.2. The Hall–Kier alpha value is -2.14. The van der Waals surface area contributed by atoms with Crippen molar-refractivity contribution in [3.8, 4) is 0 Å². The zero-order chi connectivity index (χ0) is 18.9. The predicted octanol–water partition coefficient (Wildman–Crippen LogP) is 2.91. The Labute approximate surface area is 142 Å². The monoisotopic (exact) mass is 394 g/mol. The van der Waals surface area contributed by atoms with E-state index in [2.05, 4.69) is 10.3 Å². The second kappa shape index (κ2) is 6.64. The van der Waals surface area contributed by atoms with E-state index in [1.807, 2.05) is 0 Å². The molecule has 0 fully saturated rings. The van der Waals surface area contributed by atoms with Gasteiger partial charge >= 0.3 is 5.51 Å². The van der Waals surface area contributed by atoms with Gasteiger partial charge in [-0.1, -0.05) is 6.92 Å². The highest BCUT2D eigenvalue weighted by Crippen LogP contribution is 2.31. The standard InChI is InChI=1S/C14H13F3N2O4S2/c1-2-24(20,21)12-7-8-13(18-9-12)19-10-3-5-11(6-4-10)25(22,23)14(15,16)17/h3-9H,2H2,1H3,(H,18,19). The third-order valence-corrected chi connectivity index (χ3v) is 6.44. The molecule has 1 N–H and O–H groups in total. The molecule has 0 saturated carbocycles. The number of alkyl halides is 3. The van der Waals surface area contributed by atoms with Crippen LogP contribution in [0.5, 0.6) is 0 Å². The highest BCUT2D eigenvalue weighted by Gasteiger charge is 2.46. The van der Waals surface area contributed by atoms with E-state index in [0.717, 1.165) is 30.5 Å². The summed E-state index contributed by atoms with van der Waals surface area (Å²) >= 11 is 0. The van der Waals surface area contributed by atoms with Crippen LogP contribution in [0, 0.1) is 0 Å². The van der Waals surface area contributed by atoms with E-state index in [1.165, 1.54) is 19.1 Å². The lowest BCUT2D eigenvalue weighted by Gasteiger charge is -2.10. The summed E-state index contributed by atoms with van der Waals surface area (Å²) in [6.07, 6.45) is 1.16. The van der Waals surface area contributed by atoms with Crippen LogP contribution >= 0.6 is 0 Å². The number of anilines is 2. The first-order chi connectivity index (χ1) is 11.5. The van der Waals surface area contributed by atoms with Gasteiger partial charge in [-0.2, -0.15) is 13.2 Å². The lowest BCUT2D eigenvalue weighted by molar-refractivity contribution is -0.0436. The third-order valence-electron chi connectivity index (χ3n) is 3.22. The minimum atomic E-state index is -5.40. The van der Waals surface area contributed by atoms with Gasteiger partial charge in [-0.3, -0.25) is 0 Å². The molecule has 1 heterocycles. The Morgan fingerprint density at radius 1 is 0.960 bits per heavy atom. The fraction of sp³-hybridized carbons (Fsp3) is 0.214. The Morgan fingerprint density at radius 2 is 1.52 bits per heavy atom. The third kappa shape index (κ3) is 4.10. The SMILES string of the molecule is CCS(=O)(=O)c1ccc(Nc2ccc(S(=O)(=O)C(F)(F)F)cc2)nc1.